The largest absolute Gasteiger partial charge is 0.463 e. The van der Waals surface area contributed by atoms with Crippen molar-refractivity contribution in [1.29, 1.82) is 0 Å². The minimum Gasteiger partial charge on any atom is -0.463 e. The van der Waals surface area contributed by atoms with Gasteiger partial charge in [-0.1, -0.05) is 36.4 Å². The zero-order chi connectivity index (χ0) is 20.1. The van der Waals surface area contributed by atoms with Gasteiger partial charge < -0.3 is 19.8 Å². The van der Waals surface area contributed by atoms with E-state index in [9.17, 15) is 9.59 Å². The molecule has 0 spiro atoms. The van der Waals surface area contributed by atoms with Gasteiger partial charge in [-0.25, -0.2) is 9.59 Å². The number of benzene rings is 1. The highest BCUT2D eigenvalue weighted by Gasteiger charge is 2.31. The summed E-state index contributed by atoms with van der Waals surface area (Å²) in [7, 11) is 0. The van der Waals surface area contributed by atoms with Crippen LogP contribution in [0.25, 0.3) is 11.5 Å². The second-order valence-corrected chi connectivity index (χ2v) is 7.13. The Morgan fingerprint density at radius 1 is 1.25 bits per heavy atom. The highest BCUT2D eigenvalue weighted by molar-refractivity contribution is 7.99. The Hall–Kier alpha value is -2.81. The second-order valence-electron chi connectivity index (χ2n) is 6.20. The molecule has 2 N–H and O–H groups in total. The van der Waals surface area contributed by atoms with Gasteiger partial charge in [0, 0.05) is 17.0 Å². The third kappa shape index (κ3) is 4.53. The van der Waals surface area contributed by atoms with Gasteiger partial charge in [0.05, 0.1) is 18.2 Å². The molecule has 148 valence electrons. The third-order valence-electron chi connectivity index (χ3n) is 4.19. The number of hydrogen-bond acceptors (Lipinski definition) is 7. The van der Waals surface area contributed by atoms with Crippen molar-refractivity contribution in [3.63, 3.8) is 0 Å². The summed E-state index contributed by atoms with van der Waals surface area (Å²) in [6.45, 7) is 5.90. The number of aryl methyl sites for hydroxylation is 1. The Balaban J connectivity index is 1.78. The van der Waals surface area contributed by atoms with Crippen LogP contribution in [0.1, 0.15) is 25.8 Å². The topological polar surface area (TPSA) is 106 Å². The van der Waals surface area contributed by atoms with Gasteiger partial charge in [0.25, 0.3) is 5.22 Å². The minimum atomic E-state index is -0.441. The summed E-state index contributed by atoms with van der Waals surface area (Å²) < 4.78 is 10.9. The number of ether oxygens (including phenoxy) is 1. The molecule has 0 aliphatic carbocycles. The molecule has 0 radical (unpaired) electrons. The summed E-state index contributed by atoms with van der Waals surface area (Å²) in [5.74, 6) is 0.277. The lowest BCUT2D eigenvalue weighted by molar-refractivity contribution is -0.139. The fourth-order valence-corrected chi connectivity index (χ4v) is 3.52. The maximum Gasteiger partial charge on any atom is 0.337 e. The molecule has 2 amide bonds. The summed E-state index contributed by atoms with van der Waals surface area (Å²) >= 11 is 1.25. The molecule has 1 aromatic heterocycles. The molecule has 3 rings (SSSR count). The van der Waals surface area contributed by atoms with E-state index in [1.165, 1.54) is 11.8 Å². The number of esters is 1. The Bertz CT molecular complexity index is 892. The minimum absolute atomic E-state index is 0.261. The molecular formula is C19H22N4O4S. The van der Waals surface area contributed by atoms with E-state index in [1.54, 1.807) is 6.92 Å². The number of aromatic nitrogens is 2. The van der Waals surface area contributed by atoms with Gasteiger partial charge in [0.2, 0.25) is 5.89 Å². The van der Waals surface area contributed by atoms with Crippen molar-refractivity contribution < 1.29 is 18.7 Å². The first-order valence-corrected chi connectivity index (χ1v) is 10.0. The van der Waals surface area contributed by atoms with Crippen LogP contribution in [0.4, 0.5) is 4.79 Å². The number of thioether (sulfide) groups is 1. The number of amides is 2. The lowest BCUT2D eigenvalue weighted by Crippen LogP contribution is -2.50. The molecule has 0 fully saturated rings. The molecule has 1 aliphatic rings. The van der Waals surface area contributed by atoms with E-state index < -0.39 is 12.0 Å². The lowest BCUT2D eigenvalue weighted by atomic mass is 10.0. The molecule has 0 bridgehead atoms. The maximum atomic E-state index is 12.4. The van der Waals surface area contributed by atoms with E-state index in [2.05, 4.69) is 20.8 Å². The van der Waals surface area contributed by atoms with Crippen LogP contribution in [0.3, 0.4) is 0 Å². The van der Waals surface area contributed by atoms with Gasteiger partial charge >= 0.3 is 12.0 Å². The Kier molecular flexibility index (Phi) is 6.35. The Morgan fingerprint density at radius 2 is 2.00 bits per heavy atom. The van der Waals surface area contributed by atoms with E-state index >= 15 is 0 Å². The van der Waals surface area contributed by atoms with Gasteiger partial charge in [-0.3, -0.25) is 0 Å². The molecule has 1 aromatic carbocycles. The lowest BCUT2D eigenvalue weighted by Gasteiger charge is -2.28. The normalized spacial score (nSPS) is 16.5. The van der Waals surface area contributed by atoms with E-state index in [-0.39, 0.29) is 12.6 Å². The first kappa shape index (κ1) is 19.9. The molecule has 9 heteroatoms. The van der Waals surface area contributed by atoms with Crippen LogP contribution in [0.15, 0.2) is 45.2 Å². The predicted molar refractivity (Wildman–Crippen MR) is 105 cm³/mol. The first-order chi connectivity index (χ1) is 13.5. The van der Waals surface area contributed by atoms with Crippen molar-refractivity contribution in [2.75, 3.05) is 12.4 Å². The summed E-state index contributed by atoms with van der Waals surface area (Å²) in [5.41, 5.74) is 2.89. The quantitative estimate of drug-likeness (QED) is 0.541. The zero-order valence-corrected chi connectivity index (χ0v) is 16.8. The summed E-state index contributed by atoms with van der Waals surface area (Å²) in [5, 5.41) is 13.9. The molecule has 0 unspecified atom stereocenters. The maximum absolute atomic E-state index is 12.4. The molecule has 2 aromatic rings. The summed E-state index contributed by atoms with van der Waals surface area (Å²) in [6.07, 6.45) is 0.577. The standard InChI is InChI=1S/C19H22N4O4S/c1-4-13-15(17(24)26-5-2)14(21-18(25)20-13)10-28-19-23-22-16(27-19)12-8-6-11(3)7-9-12/h6-9,13H,4-5,10H2,1-3H3,(H2,20,21,25)/t13-/m1/s1. The number of urea groups is 1. The molecule has 28 heavy (non-hydrogen) atoms. The molecule has 0 saturated heterocycles. The van der Waals surface area contributed by atoms with Crippen molar-refractivity contribution in [1.82, 2.24) is 20.8 Å². The van der Waals surface area contributed by atoms with Crippen molar-refractivity contribution >= 4 is 23.8 Å². The average molecular weight is 402 g/mol. The highest BCUT2D eigenvalue weighted by Crippen LogP contribution is 2.27. The van der Waals surface area contributed by atoms with Crippen LogP contribution >= 0.6 is 11.8 Å². The number of hydrogen-bond donors (Lipinski definition) is 2. The average Bonchev–Trinajstić information content (AvgIpc) is 3.15. The number of rotatable bonds is 7. The molecule has 2 heterocycles. The van der Waals surface area contributed by atoms with E-state index in [4.69, 9.17) is 9.15 Å². The Morgan fingerprint density at radius 3 is 2.68 bits per heavy atom. The van der Waals surface area contributed by atoms with Crippen molar-refractivity contribution in [2.45, 2.75) is 38.5 Å². The number of nitrogens with one attached hydrogen (secondary N) is 2. The molecule has 8 nitrogen and oxygen atoms in total. The fraction of sp³-hybridized carbons (Fsp3) is 0.368. The van der Waals surface area contributed by atoms with Gasteiger partial charge in [-0.05, 0) is 32.4 Å². The predicted octanol–water partition coefficient (Wildman–Crippen LogP) is 3.05. The highest BCUT2D eigenvalue weighted by atomic mass is 32.2. The van der Waals surface area contributed by atoms with Crippen LogP contribution in [0.5, 0.6) is 0 Å². The Labute approximate surface area is 167 Å². The molecular weight excluding hydrogens is 380 g/mol. The number of carbonyl (C=O) groups is 2. The van der Waals surface area contributed by atoms with Gasteiger partial charge in [0.1, 0.15) is 0 Å². The third-order valence-corrected chi connectivity index (χ3v) is 5.04. The molecule has 0 saturated carbocycles. The summed E-state index contributed by atoms with van der Waals surface area (Å²) in [4.78, 5) is 24.3. The SMILES string of the molecule is CCOC(=O)C1=C(CSc2nnc(-c3ccc(C)cc3)o2)NC(=O)N[C@@H]1CC. The van der Waals surface area contributed by atoms with Crippen molar-refractivity contribution in [2.24, 2.45) is 0 Å². The number of carbonyl (C=O) groups excluding carboxylic acids is 2. The van der Waals surface area contributed by atoms with Crippen molar-refractivity contribution in [3.05, 3.63) is 41.1 Å². The van der Waals surface area contributed by atoms with Crippen LogP contribution in [0.2, 0.25) is 0 Å². The monoisotopic (exact) mass is 402 g/mol. The number of nitrogens with zero attached hydrogens (tertiary/aromatic N) is 2. The van der Waals surface area contributed by atoms with Crippen molar-refractivity contribution in [3.8, 4) is 11.5 Å². The van der Waals surface area contributed by atoms with Crippen LogP contribution in [0, 0.1) is 6.92 Å². The second kappa shape index (κ2) is 8.92. The van der Waals surface area contributed by atoms with Gasteiger partial charge in [0.15, 0.2) is 0 Å². The van der Waals surface area contributed by atoms with Crippen LogP contribution < -0.4 is 10.6 Å². The van der Waals surface area contributed by atoms with Gasteiger partial charge in [-0.15, -0.1) is 10.2 Å². The van der Waals surface area contributed by atoms with Crippen LogP contribution in [-0.4, -0.2) is 40.6 Å². The summed E-state index contributed by atoms with van der Waals surface area (Å²) in [6, 6.07) is 7.03. The zero-order valence-electron chi connectivity index (χ0n) is 15.9. The van der Waals surface area contributed by atoms with E-state index in [0.29, 0.717) is 34.6 Å². The van der Waals surface area contributed by atoms with E-state index in [1.807, 2.05) is 38.1 Å². The van der Waals surface area contributed by atoms with Gasteiger partial charge in [-0.2, -0.15) is 0 Å². The smallest absolute Gasteiger partial charge is 0.337 e. The molecule has 1 aliphatic heterocycles. The first-order valence-electron chi connectivity index (χ1n) is 9.02. The molecule has 1 atom stereocenters. The van der Waals surface area contributed by atoms with E-state index in [0.717, 1.165) is 11.1 Å². The fourth-order valence-electron chi connectivity index (χ4n) is 2.79. The van der Waals surface area contributed by atoms with Crippen LogP contribution in [-0.2, 0) is 9.53 Å².